The molecule has 1 aromatic carbocycles. The molecule has 1 aliphatic heterocycles. The minimum Gasteiger partial charge on any atom is -0.463 e. The van der Waals surface area contributed by atoms with E-state index in [-0.39, 0.29) is 17.9 Å². The van der Waals surface area contributed by atoms with Crippen LogP contribution in [0.15, 0.2) is 47.6 Å². The van der Waals surface area contributed by atoms with Gasteiger partial charge in [-0.2, -0.15) is 0 Å². The van der Waals surface area contributed by atoms with Crippen molar-refractivity contribution in [2.45, 2.75) is 12.5 Å². The largest absolute Gasteiger partial charge is 0.463 e. The Morgan fingerprint density at radius 1 is 1.38 bits per heavy atom. The number of furan rings is 1. The topological polar surface area (TPSA) is 62.6 Å². The van der Waals surface area contributed by atoms with E-state index in [9.17, 15) is 9.59 Å². The van der Waals surface area contributed by atoms with Crippen molar-refractivity contribution in [1.29, 1.82) is 0 Å². The predicted molar refractivity (Wildman–Crippen MR) is 78.9 cm³/mol. The molecule has 0 aliphatic carbocycles. The summed E-state index contributed by atoms with van der Waals surface area (Å²) in [6.45, 7) is 4.56. The number of rotatable bonds is 3. The third-order valence-corrected chi connectivity index (χ3v) is 3.72. The van der Waals surface area contributed by atoms with Gasteiger partial charge in [0.15, 0.2) is 0 Å². The number of para-hydroxylation sites is 1. The molecule has 1 N–H and O–H groups in total. The number of benzene rings is 1. The highest BCUT2D eigenvalue weighted by Gasteiger charge is 2.29. The number of amides is 2. The Bertz CT molecular complexity index is 704. The van der Waals surface area contributed by atoms with E-state index < -0.39 is 0 Å². The fourth-order valence-corrected chi connectivity index (χ4v) is 2.64. The Kier molecular flexibility index (Phi) is 3.48. The van der Waals surface area contributed by atoms with E-state index in [0.717, 1.165) is 11.8 Å². The normalized spacial score (nSPS) is 17.9. The van der Waals surface area contributed by atoms with Crippen molar-refractivity contribution in [1.82, 2.24) is 10.2 Å². The molecule has 0 saturated carbocycles. The summed E-state index contributed by atoms with van der Waals surface area (Å²) in [5, 5.41) is 3.64. The van der Waals surface area contributed by atoms with E-state index in [1.807, 2.05) is 24.3 Å². The molecule has 1 saturated heterocycles. The SMILES string of the molecule is C=CC(=O)N[C@H]1CCN(C(=O)c2coc3ccccc23)C1. The molecule has 108 valence electrons. The lowest BCUT2D eigenvalue weighted by molar-refractivity contribution is -0.117. The first kappa shape index (κ1) is 13.4. The lowest BCUT2D eigenvalue weighted by Crippen LogP contribution is -2.37. The van der Waals surface area contributed by atoms with Gasteiger partial charge in [-0.05, 0) is 18.6 Å². The number of nitrogens with zero attached hydrogens (tertiary/aromatic N) is 1. The molecule has 5 nitrogen and oxygen atoms in total. The van der Waals surface area contributed by atoms with Gasteiger partial charge in [-0.25, -0.2) is 0 Å². The molecular weight excluding hydrogens is 268 g/mol. The molecular formula is C16H16N2O3. The van der Waals surface area contributed by atoms with Crippen molar-refractivity contribution in [3.05, 3.63) is 48.7 Å². The van der Waals surface area contributed by atoms with E-state index in [0.29, 0.717) is 24.2 Å². The van der Waals surface area contributed by atoms with Crippen molar-refractivity contribution in [3.63, 3.8) is 0 Å². The molecule has 5 heteroatoms. The predicted octanol–water partition coefficient (Wildman–Crippen LogP) is 1.95. The van der Waals surface area contributed by atoms with Crippen LogP contribution in [0.5, 0.6) is 0 Å². The van der Waals surface area contributed by atoms with Gasteiger partial charge in [0.2, 0.25) is 5.91 Å². The Morgan fingerprint density at radius 2 is 2.19 bits per heavy atom. The molecule has 0 radical (unpaired) electrons. The Balaban J connectivity index is 1.74. The zero-order valence-electron chi connectivity index (χ0n) is 11.5. The maximum absolute atomic E-state index is 12.6. The fraction of sp³-hybridized carbons (Fsp3) is 0.250. The number of nitrogens with one attached hydrogen (secondary N) is 1. The Hall–Kier alpha value is -2.56. The summed E-state index contributed by atoms with van der Waals surface area (Å²) in [6, 6.07) is 7.45. The minimum absolute atomic E-state index is 0.0161. The first-order valence-electron chi connectivity index (χ1n) is 6.87. The highest BCUT2D eigenvalue weighted by molar-refractivity contribution is 6.06. The molecule has 2 heterocycles. The number of carbonyl (C=O) groups excluding carboxylic acids is 2. The monoisotopic (exact) mass is 284 g/mol. The van der Waals surface area contributed by atoms with Crippen LogP contribution < -0.4 is 5.32 Å². The van der Waals surface area contributed by atoms with Gasteiger partial charge < -0.3 is 14.6 Å². The zero-order valence-corrected chi connectivity index (χ0v) is 11.5. The summed E-state index contributed by atoms with van der Waals surface area (Å²) >= 11 is 0. The van der Waals surface area contributed by atoms with Crippen LogP contribution in [0.3, 0.4) is 0 Å². The maximum atomic E-state index is 12.6. The highest BCUT2D eigenvalue weighted by Crippen LogP contribution is 2.23. The summed E-state index contributed by atoms with van der Waals surface area (Å²) in [5.41, 5.74) is 1.28. The molecule has 1 aromatic heterocycles. The molecule has 1 atom stereocenters. The quantitative estimate of drug-likeness (QED) is 0.876. The van der Waals surface area contributed by atoms with Crippen molar-refractivity contribution in [2.75, 3.05) is 13.1 Å². The third kappa shape index (κ3) is 2.54. The lowest BCUT2D eigenvalue weighted by Gasteiger charge is -2.16. The molecule has 0 bridgehead atoms. The molecule has 1 fully saturated rings. The standard InChI is InChI=1S/C16H16N2O3/c1-2-15(19)17-11-7-8-18(9-11)16(20)13-10-21-14-6-4-3-5-12(13)14/h2-6,10-11H,1,7-9H2,(H,17,19)/t11-/m0/s1. The molecule has 1 aliphatic rings. The van der Waals surface area contributed by atoms with Crippen LogP contribution in [0.1, 0.15) is 16.8 Å². The van der Waals surface area contributed by atoms with Crippen LogP contribution in [0, 0.1) is 0 Å². The summed E-state index contributed by atoms with van der Waals surface area (Å²) in [5.74, 6) is -0.265. The number of hydrogen-bond acceptors (Lipinski definition) is 3. The average molecular weight is 284 g/mol. The molecule has 0 unspecified atom stereocenters. The van der Waals surface area contributed by atoms with E-state index in [1.165, 1.54) is 12.3 Å². The van der Waals surface area contributed by atoms with Crippen LogP contribution in [0.2, 0.25) is 0 Å². The van der Waals surface area contributed by atoms with Crippen LogP contribution in [0.4, 0.5) is 0 Å². The van der Waals surface area contributed by atoms with Crippen molar-refractivity contribution in [3.8, 4) is 0 Å². The van der Waals surface area contributed by atoms with Crippen molar-refractivity contribution in [2.24, 2.45) is 0 Å². The van der Waals surface area contributed by atoms with Crippen LogP contribution in [-0.2, 0) is 4.79 Å². The number of hydrogen-bond donors (Lipinski definition) is 1. The third-order valence-electron chi connectivity index (χ3n) is 3.72. The summed E-state index contributed by atoms with van der Waals surface area (Å²) in [7, 11) is 0. The second-order valence-corrected chi connectivity index (χ2v) is 5.10. The van der Waals surface area contributed by atoms with Gasteiger partial charge in [0.1, 0.15) is 11.8 Å². The molecule has 2 aromatic rings. The second-order valence-electron chi connectivity index (χ2n) is 5.10. The van der Waals surface area contributed by atoms with Gasteiger partial charge in [0.05, 0.1) is 5.56 Å². The maximum Gasteiger partial charge on any atom is 0.257 e. The van der Waals surface area contributed by atoms with Crippen LogP contribution >= 0.6 is 0 Å². The van der Waals surface area contributed by atoms with E-state index in [1.54, 1.807) is 4.90 Å². The summed E-state index contributed by atoms with van der Waals surface area (Å²) in [4.78, 5) is 25.6. The van der Waals surface area contributed by atoms with Crippen molar-refractivity contribution >= 4 is 22.8 Å². The van der Waals surface area contributed by atoms with Crippen LogP contribution in [0.25, 0.3) is 11.0 Å². The van der Waals surface area contributed by atoms with Gasteiger partial charge in [0.25, 0.3) is 5.91 Å². The highest BCUT2D eigenvalue weighted by atomic mass is 16.3. The lowest BCUT2D eigenvalue weighted by atomic mass is 10.1. The first-order valence-corrected chi connectivity index (χ1v) is 6.87. The number of likely N-dealkylation sites (tertiary alicyclic amines) is 1. The van der Waals surface area contributed by atoms with Gasteiger partial charge in [-0.1, -0.05) is 24.8 Å². The molecule has 3 rings (SSSR count). The minimum atomic E-state index is -0.206. The van der Waals surface area contributed by atoms with Gasteiger partial charge in [0, 0.05) is 24.5 Å². The van der Waals surface area contributed by atoms with Gasteiger partial charge >= 0.3 is 0 Å². The van der Waals surface area contributed by atoms with E-state index in [2.05, 4.69) is 11.9 Å². The molecule has 21 heavy (non-hydrogen) atoms. The summed E-state index contributed by atoms with van der Waals surface area (Å²) < 4.78 is 5.41. The van der Waals surface area contributed by atoms with Crippen LogP contribution in [-0.4, -0.2) is 35.8 Å². The van der Waals surface area contributed by atoms with Gasteiger partial charge in [-0.15, -0.1) is 0 Å². The number of carbonyl (C=O) groups is 2. The van der Waals surface area contributed by atoms with E-state index >= 15 is 0 Å². The fourth-order valence-electron chi connectivity index (χ4n) is 2.64. The van der Waals surface area contributed by atoms with Gasteiger partial charge in [-0.3, -0.25) is 9.59 Å². The smallest absolute Gasteiger partial charge is 0.257 e. The average Bonchev–Trinajstić information content (AvgIpc) is 3.13. The Labute approximate surface area is 122 Å². The van der Waals surface area contributed by atoms with Crippen molar-refractivity contribution < 1.29 is 14.0 Å². The molecule has 2 amide bonds. The van der Waals surface area contributed by atoms with E-state index in [4.69, 9.17) is 4.42 Å². The number of fused-ring (bicyclic) bond motifs is 1. The Morgan fingerprint density at radius 3 is 3.00 bits per heavy atom. The second kappa shape index (κ2) is 5.44. The first-order chi connectivity index (χ1) is 10.2. The molecule has 0 spiro atoms. The zero-order chi connectivity index (χ0) is 14.8. The summed E-state index contributed by atoms with van der Waals surface area (Å²) in [6.07, 6.45) is 3.50.